The number of rotatable bonds is 8. The van der Waals surface area contributed by atoms with Crippen molar-refractivity contribution in [2.24, 2.45) is 0 Å². The number of nitrogens with zero attached hydrogens (tertiary/aromatic N) is 2. The van der Waals surface area contributed by atoms with Gasteiger partial charge in [-0.25, -0.2) is 4.79 Å². The van der Waals surface area contributed by atoms with Gasteiger partial charge >= 0.3 is 5.97 Å². The number of hydrogen-bond donors (Lipinski definition) is 1. The number of carboxylic acids is 1. The van der Waals surface area contributed by atoms with Crippen molar-refractivity contribution >= 4 is 17.6 Å². The Morgan fingerprint density at radius 1 is 1.04 bits per heavy atom. The van der Waals surface area contributed by atoms with Gasteiger partial charge in [0.05, 0.1) is 6.61 Å². The molecule has 0 aliphatic carbocycles. The summed E-state index contributed by atoms with van der Waals surface area (Å²) in [5, 5.41) is 9.35. The standard InChI is InChI=1S/C21H25ClN2O3/c22-19-7-6-18(20(14-19)17-4-2-1-3-5-17)15-24-10-8-23(9-11-24)12-13-27-16-21(25)26/h1-7,14H,8-13,15-16H2,(H,25,26). The average Bonchev–Trinajstić information content (AvgIpc) is 2.68. The van der Waals surface area contributed by atoms with Gasteiger partial charge in [-0.05, 0) is 28.8 Å². The van der Waals surface area contributed by atoms with Crippen molar-refractivity contribution in [1.29, 1.82) is 0 Å². The number of carboxylic acid groups (broad SMARTS) is 1. The first-order valence-electron chi connectivity index (χ1n) is 9.20. The summed E-state index contributed by atoms with van der Waals surface area (Å²) in [5.74, 6) is -0.919. The number of benzene rings is 2. The number of carbonyl (C=O) groups is 1. The lowest BCUT2D eigenvalue weighted by molar-refractivity contribution is -0.142. The van der Waals surface area contributed by atoms with Crippen LogP contribution in [0.2, 0.25) is 5.02 Å². The highest BCUT2D eigenvalue weighted by molar-refractivity contribution is 6.30. The van der Waals surface area contributed by atoms with E-state index < -0.39 is 5.97 Å². The van der Waals surface area contributed by atoms with Gasteiger partial charge in [0.25, 0.3) is 0 Å². The monoisotopic (exact) mass is 388 g/mol. The molecule has 2 aromatic rings. The zero-order chi connectivity index (χ0) is 19.1. The highest BCUT2D eigenvalue weighted by Crippen LogP contribution is 2.28. The van der Waals surface area contributed by atoms with Crippen molar-refractivity contribution in [3.63, 3.8) is 0 Å². The van der Waals surface area contributed by atoms with Crippen LogP contribution in [-0.4, -0.2) is 66.8 Å². The van der Waals surface area contributed by atoms with E-state index in [1.165, 1.54) is 16.7 Å². The Balaban J connectivity index is 1.54. The van der Waals surface area contributed by atoms with Crippen LogP contribution in [0.3, 0.4) is 0 Å². The van der Waals surface area contributed by atoms with Gasteiger partial charge in [-0.1, -0.05) is 48.0 Å². The molecule has 2 aromatic carbocycles. The predicted octanol–water partition coefficient (Wildman–Crippen LogP) is 3.23. The highest BCUT2D eigenvalue weighted by atomic mass is 35.5. The zero-order valence-electron chi connectivity index (χ0n) is 15.3. The van der Waals surface area contributed by atoms with Crippen molar-refractivity contribution in [2.45, 2.75) is 6.54 Å². The van der Waals surface area contributed by atoms with E-state index in [4.69, 9.17) is 21.4 Å². The van der Waals surface area contributed by atoms with Gasteiger partial charge in [-0.2, -0.15) is 0 Å². The molecule has 0 radical (unpaired) electrons. The summed E-state index contributed by atoms with van der Waals surface area (Å²) in [6, 6.07) is 16.5. The van der Waals surface area contributed by atoms with Gasteiger partial charge in [-0.3, -0.25) is 9.80 Å². The van der Waals surface area contributed by atoms with E-state index in [2.05, 4.69) is 28.0 Å². The normalized spacial score (nSPS) is 15.7. The summed E-state index contributed by atoms with van der Waals surface area (Å²) in [6.45, 7) is 5.80. The minimum absolute atomic E-state index is 0.223. The van der Waals surface area contributed by atoms with E-state index in [0.29, 0.717) is 6.61 Å². The molecule has 144 valence electrons. The topological polar surface area (TPSA) is 53.0 Å². The van der Waals surface area contributed by atoms with Crippen molar-refractivity contribution < 1.29 is 14.6 Å². The van der Waals surface area contributed by atoms with Crippen LogP contribution < -0.4 is 0 Å². The maximum Gasteiger partial charge on any atom is 0.329 e. The van der Waals surface area contributed by atoms with Gasteiger partial charge in [0.1, 0.15) is 6.61 Å². The van der Waals surface area contributed by atoms with Gasteiger partial charge in [0.2, 0.25) is 0 Å². The van der Waals surface area contributed by atoms with Crippen LogP contribution in [0.1, 0.15) is 5.56 Å². The van der Waals surface area contributed by atoms with Crippen molar-refractivity contribution in [2.75, 3.05) is 45.9 Å². The van der Waals surface area contributed by atoms with Crippen molar-refractivity contribution in [3.8, 4) is 11.1 Å². The Morgan fingerprint density at radius 3 is 2.44 bits per heavy atom. The van der Waals surface area contributed by atoms with Gasteiger partial charge in [-0.15, -0.1) is 0 Å². The van der Waals surface area contributed by atoms with E-state index in [0.717, 1.165) is 44.3 Å². The van der Waals surface area contributed by atoms with E-state index in [-0.39, 0.29) is 6.61 Å². The fraction of sp³-hybridized carbons (Fsp3) is 0.381. The third kappa shape index (κ3) is 6.04. The molecule has 0 atom stereocenters. The van der Waals surface area contributed by atoms with Crippen LogP contribution in [0.25, 0.3) is 11.1 Å². The van der Waals surface area contributed by atoms with Crippen LogP contribution in [0.15, 0.2) is 48.5 Å². The minimum Gasteiger partial charge on any atom is -0.480 e. The summed E-state index contributed by atoms with van der Waals surface area (Å²) in [6.07, 6.45) is 0. The van der Waals surface area contributed by atoms with Crippen molar-refractivity contribution in [3.05, 3.63) is 59.1 Å². The minimum atomic E-state index is -0.919. The van der Waals surface area contributed by atoms with Crippen LogP contribution in [0, 0.1) is 0 Å². The maximum atomic E-state index is 10.5. The molecule has 27 heavy (non-hydrogen) atoms. The molecule has 1 fully saturated rings. The Kier molecular flexibility index (Phi) is 7.24. The second-order valence-corrected chi connectivity index (χ2v) is 7.17. The SMILES string of the molecule is O=C(O)COCCN1CCN(Cc2ccc(Cl)cc2-c2ccccc2)CC1. The highest BCUT2D eigenvalue weighted by Gasteiger charge is 2.18. The largest absolute Gasteiger partial charge is 0.480 e. The molecule has 0 spiro atoms. The molecule has 3 rings (SSSR count). The molecule has 1 heterocycles. The van der Waals surface area contributed by atoms with Crippen LogP contribution in [-0.2, 0) is 16.1 Å². The number of aliphatic carboxylic acids is 1. The Bertz CT molecular complexity index is 746. The number of piperazine rings is 1. The predicted molar refractivity (Wildman–Crippen MR) is 107 cm³/mol. The molecular formula is C21H25ClN2O3. The molecule has 1 aliphatic heterocycles. The van der Waals surface area contributed by atoms with Crippen LogP contribution in [0.5, 0.6) is 0 Å². The molecule has 0 unspecified atom stereocenters. The average molecular weight is 389 g/mol. The van der Waals surface area contributed by atoms with E-state index in [1.54, 1.807) is 0 Å². The summed E-state index contributed by atoms with van der Waals surface area (Å²) in [5.41, 5.74) is 3.65. The quantitative estimate of drug-likeness (QED) is 0.704. The second-order valence-electron chi connectivity index (χ2n) is 6.73. The summed E-state index contributed by atoms with van der Waals surface area (Å²) in [4.78, 5) is 15.2. The number of hydrogen-bond acceptors (Lipinski definition) is 4. The third-order valence-corrected chi connectivity index (χ3v) is 5.03. The number of halogens is 1. The lowest BCUT2D eigenvalue weighted by atomic mass is 9.99. The Hall–Kier alpha value is -1.92. The second kappa shape index (κ2) is 9.85. The van der Waals surface area contributed by atoms with Gasteiger partial charge < -0.3 is 9.84 Å². The Labute approximate surface area is 165 Å². The first kappa shape index (κ1) is 19.8. The molecular weight excluding hydrogens is 364 g/mol. The lowest BCUT2D eigenvalue weighted by Crippen LogP contribution is -2.46. The maximum absolute atomic E-state index is 10.5. The molecule has 1 N–H and O–H groups in total. The van der Waals surface area contributed by atoms with Crippen molar-refractivity contribution in [1.82, 2.24) is 9.80 Å². The fourth-order valence-electron chi connectivity index (χ4n) is 3.34. The zero-order valence-corrected chi connectivity index (χ0v) is 16.1. The van der Waals surface area contributed by atoms with Gasteiger partial charge in [0, 0.05) is 44.3 Å². The smallest absolute Gasteiger partial charge is 0.329 e. The Morgan fingerprint density at radius 2 is 1.74 bits per heavy atom. The molecule has 6 heteroatoms. The first-order valence-corrected chi connectivity index (χ1v) is 9.58. The molecule has 0 aromatic heterocycles. The lowest BCUT2D eigenvalue weighted by Gasteiger charge is -2.35. The number of ether oxygens (including phenoxy) is 1. The van der Waals surface area contributed by atoms with Crippen LogP contribution >= 0.6 is 11.6 Å². The fourth-order valence-corrected chi connectivity index (χ4v) is 3.51. The summed E-state index contributed by atoms with van der Waals surface area (Å²) >= 11 is 6.24. The van der Waals surface area contributed by atoms with Gasteiger partial charge in [0.15, 0.2) is 0 Å². The summed E-state index contributed by atoms with van der Waals surface area (Å²) < 4.78 is 5.13. The molecule has 5 nitrogen and oxygen atoms in total. The van der Waals surface area contributed by atoms with E-state index >= 15 is 0 Å². The van der Waals surface area contributed by atoms with E-state index in [1.807, 2.05) is 30.3 Å². The molecule has 0 saturated carbocycles. The molecule has 0 amide bonds. The molecule has 1 saturated heterocycles. The first-order chi connectivity index (χ1) is 13.1. The molecule has 0 bridgehead atoms. The molecule has 1 aliphatic rings. The van der Waals surface area contributed by atoms with Crippen LogP contribution in [0.4, 0.5) is 0 Å². The summed E-state index contributed by atoms with van der Waals surface area (Å²) in [7, 11) is 0. The van der Waals surface area contributed by atoms with E-state index in [9.17, 15) is 4.79 Å². The third-order valence-electron chi connectivity index (χ3n) is 4.79.